The first-order valence-electron chi connectivity index (χ1n) is 16.2. The molecule has 5 aromatic rings. The Morgan fingerprint density at radius 1 is 1.06 bits per heavy atom. The molecule has 0 unspecified atom stereocenters. The molecule has 8 rings (SSSR count). The van der Waals surface area contributed by atoms with Crippen molar-refractivity contribution >= 4 is 39.6 Å². The van der Waals surface area contributed by atoms with Crippen molar-refractivity contribution in [1.82, 2.24) is 33.9 Å². The molecule has 3 saturated heterocycles. The van der Waals surface area contributed by atoms with Crippen LogP contribution in [-0.4, -0.2) is 98.9 Å². The van der Waals surface area contributed by atoms with E-state index in [-0.39, 0.29) is 5.91 Å². The number of hydrogen-bond acceptors (Lipinski definition) is 9. The summed E-state index contributed by atoms with van der Waals surface area (Å²) in [5.41, 5.74) is 6.15. The standard InChI is InChI=1S/C35H39N9O3/c1-25-18-26(5-8-31(25)47-27-6-7-29-28(19-27)37-24-40(29)2)39-34-33-30(9-12-44(33)38-23-36-34)42-14-16-43(17-15-42)32(45)4-3-11-41-13-10-35(20-41)21-46-22-35/h3-9,12,18-19,23-24H,10-11,13-17,20-22H2,1-2H3,(H,36,38,39)/b4-3+. The van der Waals surface area contributed by atoms with Gasteiger partial charge >= 0.3 is 0 Å². The molecule has 1 amide bonds. The van der Waals surface area contributed by atoms with Gasteiger partial charge in [0.05, 0.1) is 36.3 Å². The Hall–Kier alpha value is -4.94. The van der Waals surface area contributed by atoms with E-state index in [9.17, 15) is 4.79 Å². The number of carbonyl (C=O) groups is 1. The number of hydrogen-bond donors (Lipinski definition) is 1. The van der Waals surface area contributed by atoms with Crippen LogP contribution >= 0.6 is 0 Å². The number of fused-ring (bicyclic) bond motifs is 2. The number of nitrogens with zero attached hydrogens (tertiary/aromatic N) is 8. The molecule has 47 heavy (non-hydrogen) atoms. The number of rotatable bonds is 8. The number of nitrogens with one attached hydrogen (secondary N) is 1. The molecule has 6 heterocycles. The fraction of sp³-hybridized carbons (Fsp3) is 0.371. The molecule has 12 heteroatoms. The summed E-state index contributed by atoms with van der Waals surface area (Å²) in [5, 5.41) is 7.96. The molecule has 242 valence electrons. The van der Waals surface area contributed by atoms with Crippen molar-refractivity contribution in [3.8, 4) is 11.5 Å². The van der Waals surface area contributed by atoms with Gasteiger partial charge in [-0.05, 0) is 61.9 Å². The van der Waals surface area contributed by atoms with Crippen LogP contribution in [0.2, 0.25) is 0 Å². The monoisotopic (exact) mass is 633 g/mol. The summed E-state index contributed by atoms with van der Waals surface area (Å²) >= 11 is 0. The molecule has 0 atom stereocenters. The summed E-state index contributed by atoms with van der Waals surface area (Å²) in [4.78, 5) is 28.7. The van der Waals surface area contributed by atoms with Crippen LogP contribution in [-0.2, 0) is 16.6 Å². The van der Waals surface area contributed by atoms with Crippen LogP contribution in [0.5, 0.6) is 11.5 Å². The summed E-state index contributed by atoms with van der Waals surface area (Å²) in [7, 11) is 1.98. The highest BCUT2D eigenvalue weighted by Crippen LogP contribution is 2.37. The summed E-state index contributed by atoms with van der Waals surface area (Å²) in [6, 6.07) is 14.0. The molecule has 2 aromatic carbocycles. The molecule has 3 aliphatic rings. The van der Waals surface area contributed by atoms with Crippen LogP contribution in [0.25, 0.3) is 16.6 Å². The van der Waals surface area contributed by atoms with E-state index in [0.29, 0.717) is 24.3 Å². The smallest absolute Gasteiger partial charge is 0.246 e. The maximum atomic E-state index is 13.0. The van der Waals surface area contributed by atoms with E-state index in [0.717, 1.165) is 90.9 Å². The lowest BCUT2D eigenvalue weighted by atomic mass is 9.85. The zero-order valence-electron chi connectivity index (χ0n) is 26.8. The van der Waals surface area contributed by atoms with Gasteiger partial charge in [-0.3, -0.25) is 9.69 Å². The normalized spacial score (nSPS) is 18.1. The zero-order chi connectivity index (χ0) is 32.0. The Balaban J connectivity index is 0.909. The largest absolute Gasteiger partial charge is 0.457 e. The first kappa shape index (κ1) is 29.5. The highest BCUT2D eigenvalue weighted by molar-refractivity contribution is 5.89. The lowest BCUT2D eigenvalue weighted by Crippen LogP contribution is -2.48. The second kappa shape index (κ2) is 12.0. The van der Waals surface area contributed by atoms with Crippen molar-refractivity contribution in [2.24, 2.45) is 12.5 Å². The van der Waals surface area contributed by atoms with Crippen LogP contribution in [0.3, 0.4) is 0 Å². The third kappa shape index (κ3) is 5.79. The van der Waals surface area contributed by atoms with Gasteiger partial charge in [-0.15, -0.1) is 0 Å². The molecular weight excluding hydrogens is 594 g/mol. The van der Waals surface area contributed by atoms with Gasteiger partial charge in [0.2, 0.25) is 5.91 Å². The van der Waals surface area contributed by atoms with Crippen molar-refractivity contribution in [3.05, 3.63) is 79.0 Å². The first-order chi connectivity index (χ1) is 22.9. The van der Waals surface area contributed by atoms with Gasteiger partial charge in [0, 0.05) is 75.8 Å². The lowest BCUT2D eigenvalue weighted by molar-refractivity contribution is -0.126. The highest BCUT2D eigenvalue weighted by atomic mass is 16.5. The molecule has 0 radical (unpaired) electrons. The Morgan fingerprint density at radius 2 is 1.94 bits per heavy atom. The quantitative estimate of drug-likeness (QED) is 0.249. The van der Waals surface area contributed by atoms with Gasteiger partial charge in [-0.1, -0.05) is 6.08 Å². The average Bonchev–Trinajstić information content (AvgIpc) is 3.80. The predicted octanol–water partition coefficient (Wildman–Crippen LogP) is 4.39. The van der Waals surface area contributed by atoms with E-state index in [4.69, 9.17) is 9.47 Å². The average molecular weight is 634 g/mol. The Labute approximate surface area is 273 Å². The molecule has 12 nitrogen and oxygen atoms in total. The molecule has 0 aliphatic carbocycles. The van der Waals surface area contributed by atoms with E-state index in [1.165, 1.54) is 6.42 Å². The molecule has 3 aromatic heterocycles. The fourth-order valence-electron chi connectivity index (χ4n) is 6.96. The van der Waals surface area contributed by atoms with Gasteiger partial charge < -0.3 is 29.2 Å². The number of likely N-dealkylation sites (tertiary alicyclic amines) is 1. The fourth-order valence-corrected chi connectivity index (χ4v) is 6.96. The predicted molar refractivity (Wildman–Crippen MR) is 180 cm³/mol. The summed E-state index contributed by atoms with van der Waals surface area (Å²) < 4.78 is 15.5. The first-order valence-corrected chi connectivity index (χ1v) is 16.2. The lowest BCUT2D eigenvalue weighted by Gasteiger charge is -2.37. The summed E-state index contributed by atoms with van der Waals surface area (Å²) in [6.45, 7) is 9.55. The van der Waals surface area contributed by atoms with Crippen molar-refractivity contribution in [2.75, 3.05) is 69.2 Å². The number of aryl methyl sites for hydroxylation is 2. The molecule has 3 aliphatic heterocycles. The Kier molecular flexibility index (Phi) is 7.53. The van der Waals surface area contributed by atoms with E-state index in [1.54, 1.807) is 18.7 Å². The molecule has 3 fully saturated rings. The molecule has 1 N–H and O–H groups in total. The summed E-state index contributed by atoms with van der Waals surface area (Å²) in [5.74, 6) is 2.32. The number of benzene rings is 2. The van der Waals surface area contributed by atoms with Crippen LogP contribution in [0.1, 0.15) is 12.0 Å². The van der Waals surface area contributed by atoms with Crippen LogP contribution in [0.4, 0.5) is 17.2 Å². The van der Waals surface area contributed by atoms with Crippen molar-refractivity contribution in [3.63, 3.8) is 0 Å². The SMILES string of the molecule is Cc1cc(Nc2ncnn3ccc(N4CCN(C(=O)/C=C/CN5CCC6(COC6)C5)CC4)c23)ccc1Oc1ccc2c(c1)ncn2C. The Bertz CT molecular complexity index is 1970. The van der Waals surface area contributed by atoms with Crippen molar-refractivity contribution in [1.29, 1.82) is 0 Å². The number of anilines is 3. The van der Waals surface area contributed by atoms with Crippen LogP contribution < -0.4 is 15.0 Å². The number of imidazole rings is 1. The minimum absolute atomic E-state index is 0.0815. The van der Waals surface area contributed by atoms with Gasteiger partial charge in [0.25, 0.3) is 0 Å². The molecular formula is C35H39N9O3. The van der Waals surface area contributed by atoms with Gasteiger partial charge in [0.15, 0.2) is 5.82 Å². The van der Waals surface area contributed by atoms with Gasteiger partial charge in [-0.2, -0.15) is 5.10 Å². The van der Waals surface area contributed by atoms with Crippen molar-refractivity contribution in [2.45, 2.75) is 13.3 Å². The van der Waals surface area contributed by atoms with E-state index < -0.39 is 0 Å². The second-order valence-corrected chi connectivity index (χ2v) is 13.0. The van der Waals surface area contributed by atoms with Crippen LogP contribution in [0, 0.1) is 12.3 Å². The zero-order valence-corrected chi connectivity index (χ0v) is 26.8. The number of amides is 1. The number of ether oxygens (including phenoxy) is 2. The third-order valence-corrected chi connectivity index (χ3v) is 9.68. The van der Waals surface area contributed by atoms with Crippen molar-refractivity contribution < 1.29 is 14.3 Å². The van der Waals surface area contributed by atoms with Gasteiger partial charge in [-0.25, -0.2) is 14.5 Å². The maximum Gasteiger partial charge on any atom is 0.246 e. The van der Waals surface area contributed by atoms with E-state index in [2.05, 4.69) is 42.3 Å². The van der Waals surface area contributed by atoms with E-state index in [1.807, 2.05) is 70.6 Å². The van der Waals surface area contributed by atoms with Crippen LogP contribution in [0.15, 0.2) is 73.5 Å². The molecule has 1 spiro atoms. The van der Waals surface area contributed by atoms with E-state index >= 15 is 0 Å². The second-order valence-electron chi connectivity index (χ2n) is 13.0. The maximum absolute atomic E-state index is 13.0. The molecule has 0 bridgehead atoms. The minimum Gasteiger partial charge on any atom is -0.457 e. The number of carbonyl (C=O) groups excluding carboxylic acids is 1. The van der Waals surface area contributed by atoms with Gasteiger partial charge in [0.1, 0.15) is 23.3 Å². The highest BCUT2D eigenvalue weighted by Gasteiger charge is 2.43. The Morgan fingerprint density at radius 3 is 2.72 bits per heavy atom. The third-order valence-electron chi connectivity index (χ3n) is 9.68. The topological polar surface area (TPSA) is 105 Å². The number of piperazine rings is 1. The minimum atomic E-state index is 0.0815. The molecule has 0 saturated carbocycles. The summed E-state index contributed by atoms with van der Waals surface area (Å²) in [6.07, 6.45) is 10.3. The number of aromatic nitrogens is 5.